The second-order valence-corrected chi connectivity index (χ2v) is 3.05. The van der Waals surface area contributed by atoms with Crippen molar-refractivity contribution in [3.8, 4) is 0 Å². The molecule has 16 heavy (non-hydrogen) atoms. The molecule has 1 aromatic rings. The Kier molecular flexibility index (Phi) is 3.84. The quantitative estimate of drug-likeness (QED) is 0.810. The molecular formula is C11H9F3O2. The molecule has 2 nitrogen and oxygen atoms in total. The first-order valence-electron chi connectivity index (χ1n) is 4.43. The largest absolute Gasteiger partial charge is 0.417 e. The molecule has 0 bridgehead atoms. The van der Waals surface area contributed by atoms with Crippen LogP contribution in [0.15, 0.2) is 24.3 Å². The zero-order valence-corrected chi connectivity index (χ0v) is 8.16. The number of aliphatic hydroxyl groups excluding tert-OH is 1. The van der Waals surface area contributed by atoms with Crippen LogP contribution < -0.4 is 0 Å². The van der Waals surface area contributed by atoms with E-state index in [2.05, 4.69) is 0 Å². The van der Waals surface area contributed by atoms with Crippen LogP contribution in [0.1, 0.15) is 21.5 Å². The van der Waals surface area contributed by atoms with Gasteiger partial charge in [-0.05, 0) is 11.6 Å². The third kappa shape index (κ3) is 2.93. The topological polar surface area (TPSA) is 37.3 Å². The maximum Gasteiger partial charge on any atom is 0.417 e. The number of halogens is 3. The molecule has 5 heteroatoms. The molecule has 0 fully saturated rings. The van der Waals surface area contributed by atoms with E-state index in [1.807, 2.05) is 0 Å². The SMILES string of the molecule is O=Cc1ccc(C=CCO)cc1C(F)(F)F. The summed E-state index contributed by atoms with van der Waals surface area (Å²) in [7, 11) is 0. The minimum Gasteiger partial charge on any atom is -0.392 e. The van der Waals surface area contributed by atoms with Crippen molar-refractivity contribution in [2.45, 2.75) is 6.18 Å². The number of alkyl halides is 3. The Morgan fingerprint density at radius 2 is 2.00 bits per heavy atom. The average molecular weight is 230 g/mol. The highest BCUT2D eigenvalue weighted by molar-refractivity contribution is 5.78. The molecule has 86 valence electrons. The predicted octanol–water partition coefficient (Wildman–Crippen LogP) is 2.52. The molecule has 0 heterocycles. The standard InChI is InChI=1S/C11H9F3O2/c12-11(13,14)10-6-8(2-1-5-15)3-4-9(10)7-16/h1-4,6-7,15H,5H2. The summed E-state index contributed by atoms with van der Waals surface area (Å²) in [5.74, 6) is 0. The Labute approximate surface area is 90.0 Å². The summed E-state index contributed by atoms with van der Waals surface area (Å²) in [6, 6.07) is 3.36. The van der Waals surface area contributed by atoms with Gasteiger partial charge in [0.05, 0.1) is 12.2 Å². The molecule has 1 N–H and O–H groups in total. The van der Waals surface area contributed by atoms with Crippen LogP contribution in [0.3, 0.4) is 0 Å². The van der Waals surface area contributed by atoms with Gasteiger partial charge in [-0.1, -0.05) is 24.3 Å². The molecule has 0 saturated heterocycles. The van der Waals surface area contributed by atoms with Crippen molar-refractivity contribution < 1.29 is 23.1 Å². The lowest BCUT2D eigenvalue weighted by atomic mass is 10.0. The summed E-state index contributed by atoms with van der Waals surface area (Å²) >= 11 is 0. The lowest BCUT2D eigenvalue weighted by Gasteiger charge is -2.09. The van der Waals surface area contributed by atoms with Crippen LogP contribution in [0, 0.1) is 0 Å². The highest BCUT2D eigenvalue weighted by Gasteiger charge is 2.33. The Bertz CT molecular complexity index is 408. The Hall–Kier alpha value is -1.62. The monoisotopic (exact) mass is 230 g/mol. The molecule has 1 aromatic carbocycles. The van der Waals surface area contributed by atoms with E-state index >= 15 is 0 Å². The maximum atomic E-state index is 12.5. The van der Waals surface area contributed by atoms with Crippen molar-refractivity contribution in [2.24, 2.45) is 0 Å². The molecule has 0 aliphatic heterocycles. The van der Waals surface area contributed by atoms with Crippen molar-refractivity contribution in [3.05, 3.63) is 41.0 Å². The fourth-order valence-corrected chi connectivity index (χ4v) is 1.21. The number of aldehydes is 1. The third-order valence-corrected chi connectivity index (χ3v) is 1.93. The second-order valence-electron chi connectivity index (χ2n) is 3.05. The van der Waals surface area contributed by atoms with Crippen molar-refractivity contribution in [1.82, 2.24) is 0 Å². The number of carbonyl (C=O) groups is 1. The molecule has 0 radical (unpaired) electrons. The molecule has 0 unspecified atom stereocenters. The predicted molar refractivity (Wildman–Crippen MR) is 53.0 cm³/mol. The van der Waals surface area contributed by atoms with Crippen molar-refractivity contribution >= 4 is 12.4 Å². The number of rotatable bonds is 3. The van der Waals surface area contributed by atoms with E-state index in [1.165, 1.54) is 18.2 Å². The van der Waals surface area contributed by atoms with Crippen LogP contribution in [0.4, 0.5) is 13.2 Å². The van der Waals surface area contributed by atoms with E-state index in [-0.39, 0.29) is 18.5 Å². The molecule has 0 atom stereocenters. The minimum absolute atomic E-state index is 0.169. The zero-order chi connectivity index (χ0) is 12.2. The van der Waals surface area contributed by atoms with Crippen LogP contribution in [0.2, 0.25) is 0 Å². The van der Waals surface area contributed by atoms with Gasteiger partial charge in [0.25, 0.3) is 0 Å². The Morgan fingerprint density at radius 1 is 1.31 bits per heavy atom. The van der Waals surface area contributed by atoms with Crippen molar-refractivity contribution in [2.75, 3.05) is 6.61 Å². The average Bonchev–Trinajstić information content (AvgIpc) is 2.24. The van der Waals surface area contributed by atoms with Crippen LogP contribution in [0.5, 0.6) is 0 Å². The number of hydrogen-bond donors (Lipinski definition) is 1. The fraction of sp³-hybridized carbons (Fsp3) is 0.182. The first-order chi connectivity index (χ1) is 7.49. The maximum absolute atomic E-state index is 12.5. The third-order valence-electron chi connectivity index (χ3n) is 1.93. The minimum atomic E-state index is -4.56. The smallest absolute Gasteiger partial charge is 0.392 e. The van der Waals surface area contributed by atoms with Gasteiger partial charge < -0.3 is 5.11 Å². The van der Waals surface area contributed by atoms with E-state index in [9.17, 15) is 18.0 Å². The molecule has 0 spiro atoms. The Balaban J connectivity index is 3.22. The van der Waals surface area contributed by atoms with Crippen LogP contribution in [-0.2, 0) is 6.18 Å². The van der Waals surface area contributed by atoms with Gasteiger partial charge in [0.15, 0.2) is 6.29 Å². The van der Waals surface area contributed by atoms with Gasteiger partial charge in [-0.3, -0.25) is 4.79 Å². The first kappa shape index (κ1) is 12.4. The molecule has 0 aliphatic carbocycles. The molecule has 0 aliphatic rings. The molecule has 1 rings (SSSR count). The van der Waals surface area contributed by atoms with Gasteiger partial charge in [0.1, 0.15) is 0 Å². The molecule has 0 saturated carbocycles. The number of hydrogen-bond acceptors (Lipinski definition) is 2. The number of aliphatic hydroxyl groups is 1. The Morgan fingerprint density at radius 3 is 2.50 bits per heavy atom. The van der Waals surface area contributed by atoms with E-state index in [4.69, 9.17) is 5.11 Å². The zero-order valence-electron chi connectivity index (χ0n) is 8.16. The van der Waals surface area contributed by atoms with Crippen LogP contribution >= 0.6 is 0 Å². The van der Waals surface area contributed by atoms with E-state index in [0.29, 0.717) is 0 Å². The van der Waals surface area contributed by atoms with Crippen molar-refractivity contribution in [3.63, 3.8) is 0 Å². The van der Waals surface area contributed by atoms with Gasteiger partial charge in [0.2, 0.25) is 0 Å². The molecule has 0 amide bonds. The van der Waals surface area contributed by atoms with Gasteiger partial charge in [-0.2, -0.15) is 13.2 Å². The molecule has 0 aromatic heterocycles. The summed E-state index contributed by atoms with van der Waals surface area (Å²) in [5.41, 5.74) is -1.08. The van der Waals surface area contributed by atoms with Crippen LogP contribution in [-0.4, -0.2) is 18.0 Å². The van der Waals surface area contributed by atoms with Crippen molar-refractivity contribution in [1.29, 1.82) is 0 Å². The van der Waals surface area contributed by atoms with Gasteiger partial charge in [-0.15, -0.1) is 0 Å². The summed E-state index contributed by atoms with van der Waals surface area (Å²) < 4.78 is 37.5. The van der Waals surface area contributed by atoms with E-state index < -0.39 is 17.3 Å². The van der Waals surface area contributed by atoms with Gasteiger partial charge in [-0.25, -0.2) is 0 Å². The number of benzene rings is 1. The second kappa shape index (κ2) is 4.94. The molecular weight excluding hydrogens is 221 g/mol. The highest BCUT2D eigenvalue weighted by Crippen LogP contribution is 2.32. The lowest BCUT2D eigenvalue weighted by molar-refractivity contribution is -0.137. The fourth-order valence-electron chi connectivity index (χ4n) is 1.21. The summed E-state index contributed by atoms with van der Waals surface area (Å²) in [5, 5.41) is 8.49. The van der Waals surface area contributed by atoms with Crippen LogP contribution in [0.25, 0.3) is 6.08 Å². The normalized spacial score (nSPS) is 12.0. The first-order valence-corrected chi connectivity index (χ1v) is 4.43. The summed E-state index contributed by atoms with van der Waals surface area (Å²) in [6.45, 7) is -0.253. The lowest BCUT2D eigenvalue weighted by Crippen LogP contribution is -2.09. The van der Waals surface area contributed by atoms with Gasteiger partial charge >= 0.3 is 6.18 Å². The summed E-state index contributed by atoms with van der Waals surface area (Å²) in [6.07, 6.45) is -1.72. The highest BCUT2D eigenvalue weighted by atomic mass is 19.4. The van der Waals surface area contributed by atoms with E-state index in [0.717, 1.165) is 12.1 Å². The van der Waals surface area contributed by atoms with E-state index in [1.54, 1.807) is 0 Å². The summed E-state index contributed by atoms with van der Waals surface area (Å²) in [4.78, 5) is 10.4. The number of carbonyl (C=O) groups excluding carboxylic acids is 1. The van der Waals surface area contributed by atoms with Gasteiger partial charge in [0, 0.05) is 5.56 Å².